The van der Waals surface area contributed by atoms with Crippen molar-refractivity contribution in [1.29, 1.82) is 0 Å². The van der Waals surface area contributed by atoms with E-state index in [1.807, 2.05) is 17.7 Å². The standard InChI is InChI=1S/C14H12F2N4/c1-10-17-6-8-19(10)9-11-5-7-20(18-11)14-12(15)3-2-4-13(14)16/h2-8H,9H2,1H3. The van der Waals surface area contributed by atoms with Gasteiger partial charge in [0.25, 0.3) is 0 Å². The number of aryl methyl sites for hydroxylation is 1. The van der Waals surface area contributed by atoms with Crippen LogP contribution >= 0.6 is 0 Å². The number of rotatable bonds is 3. The zero-order valence-corrected chi connectivity index (χ0v) is 10.8. The van der Waals surface area contributed by atoms with Crippen LogP contribution in [0.2, 0.25) is 0 Å². The Bertz CT molecular complexity index is 725. The molecule has 3 rings (SSSR count). The average molecular weight is 274 g/mol. The number of benzene rings is 1. The lowest BCUT2D eigenvalue weighted by molar-refractivity contribution is 0.558. The highest BCUT2D eigenvalue weighted by Crippen LogP contribution is 2.17. The second-order valence-electron chi connectivity index (χ2n) is 4.42. The normalized spacial score (nSPS) is 10.9. The highest BCUT2D eigenvalue weighted by atomic mass is 19.1. The van der Waals surface area contributed by atoms with Crippen LogP contribution in [0.5, 0.6) is 0 Å². The maximum atomic E-state index is 13.7. The fraction of sp³-hybridized carbons (Fsp3) is 0.143. The van der Waals surface area contributed by atoms with Gasteiger partial charge in [0.05, 0.1) is 12.2 Å². The number of hydrogen-bond donors (Lipinski definition) is 0. The van der Waals surface area contributed by atoms with Gasteiger partial charge in [0.15, 0.2) is 11.6 Å². The molecule has 6 heteroatoms. The van der Waals surface area contributed by atoms with Crippen molar-refractivity contribution in [2.75, 3.05) is 0 Å². The number of halogens is 2. The van der Waals surface area contributed by atoms with Gasteiger partial charge in [-0.05, 0) is 25.1 Å². The van der Waals surface area contributed by atoms with E-state index in [1.54, 1.807) is 18.5 Å². The Labute approximate surface area is 114 Å². The maximum absolute atomic E-state index is 13.7. The van der Waals surface area contributed by atoms with Gasteiger partial charge in [-0.2, -0.15) is 5.10 Å². The van der Waals surface area contributed by atoms with Crippen molar-refractivity contribution in [3.63, 3.8) is 0 Å². The summed E-state index contributed by atoms with van der Waals surface area (Å²) in [6.07, 6.45) is 5.07. The third kappa shape index (κ3) is 2.20. The van der Waals surface area contributed by atoms with Gasteiger partial charge in [-0.3, -0.25) is 0 Å². The molecule has 0 radical (unpaired) electrons. The predicted octanol–water partition coefficient (Wildman–Crippen LogP) is 2.70. The summed E-state index contributed by atoms with van der Waals surface area (Å²) < 4.78 is 30.5. The van der Waals surface area contributed by atoms with E-state index in [0.717, 1.165) is 5.82 Å². The first-order valence-electron chi connectivity index (χ1n) is 6.12. The van der Waals surface area contributed by atoms with Gasteiger partial charge >= 0.3 is 0 Å². The van der Waals surface area contributed by atoms with E-state index >= 15 is 0 Å². The lowest BCUT2D eigenvalue weighted by Gasteiger charge is -2.05. The van der Waals surface area contributed by atoms with Crippen LogP contribution in [-0.2, 0) is 6.54 Å². The van der Waals surface area contributed by atoms with Gasteiger partial charge in [-0.15, -0.1) is 0 Å². The summed E-state index contributed by atoms with van der Waals surface area (Å²) >= 11 is 0. The number of imidazole rings is 1. The molecule has 0 spiro atoms. The Kier molecular flexibility index (Phi) is 3.06. The lowest BCUT2D eigenvalue weighted by atomic mass is 10.3. The van der Waals surface area contributed by atoms with E-state index in [1.165, 1.54) is 22.9 Å². The fourth-order valence-electron chi connectivity index (χ4n) is 2.02. The van der Waals surface area contributed by atoms with Crippen LogP contribution < -0.4 is 0 Å². The van der Waals surface area contributed by atoms with Crippen molar-refractivity contribution in [1.82, 2.24) is 19.3 Å². The van der Waals surface area contributed by atoms with E-state index in [2.05, 4.69) is 10.1 Å². The van der Waals surface area contributed by atoms with Gasteiger partial charge in [0.1, 0.15) is 11.5 Å². The van der Waals surface area contributed by atoms with Crippen LogP contribution in [0, 0.1) is 18.6 Å². The Morgan fingerprint density at radius 1 is 1.10 bits per heavy atom. The van der Waals surface area contributed by atoms with Crippen LogP contribution in [0.25, 0.3) is 5.69 Å². The van der Waals surface area contributed by atoms with Crippen LogP contribution in [-0.4, -0.2) is 19.3 Å². The largest absolute Gasteiger partial charge is 0.329 e. The van der Waals surface area contributed by atoms with Gasteiger partial charge < -0.3 is 4.57 Å². The second-order valence-corrected chi connectivity index (χ2v) is 4.42. The minimum absolute atomic E-state index is 0.166. The van der Waals surface area contributed by atoms with Crippen LogP contribution in [0.3, 0.4) is 0 Å². The molecular formula is C14H12F2N4. The van der Waals surface area contributed by atoms with Crippen LogP contribution in [0.15, 0.2) is 42.9 Å². The van der Waals surface area contributed by atoms with Crippen molar-refractivity contribution in [2.45, 2.75) is 13.5 Å². The summed E-state index contributed by atoms with van der Waals surface area (Å²) in [7, 11) is 0. The predicted molar refractivity (Wildman–Crippen MR) is 69.5 cm³/mol. The van der Waals surface area contributed by atoms with E-state index in [-0.39, 0.29) is 5.69 Å². The molecule has 3 aromatic rings. The van der Waals surface area contributed by atoms with E-state index in [9.17, 15) is 8.78 Å². The van der Waals surface area contributed by atoms with Crippen molar-refractivity contribution >= 4 is 0 Å². The monoisotopic (exact) mass is 274 g/mol. The molecule has 0 fully saturated rings. The smallest absolute Gasteiger partial charge is 0.151 e. The Morgan fingerprint density at radius 2 is 1.85 bits per heavy atom. The quantitative estimate of drug-likeness (QED) is 0.736. The molecule has 1 aromatic carbocycles. The van der Waals surface area contributed by atoms with Gasteiger partial charge in [-0.1, -0.05) is 6.07 Å². The minimum atomic E-state index is -0.640. The van der Waals surface area contributed by atoms with Crippen molar-refractivity contribution in [3.8, 4) is 5.69 Å². The SMILES string of the molecule is Cc1nccn1Cc1ccn(-c2c(F)cccc2F)n1. The number of hydrogen-bond acceptors (Lipinski definition) is 2. The third-order valence-corrected chi connectivity index (χ3v) is 3.07. The number of nitrogens with zero attached hydrogens (tertiary/aromatic N) is 4. The lowest BCUT2D eigenvalue weighted by Crippen LogP contribution is -2.05. The fourth-order valence-corrected chi connectivity index (χ4v) is 2.02. The molecule has 0 N–H and O–H groups in total. The first-order chi connectivity index (χ1) is 9.65. The second kappa shape index (κ2) is 4.88. The summed E-state index contributed by atoms with van der Waals surface area (Å²) in [6.45, 7) is 2.39. The molecule has 0 aliphatic heterocycles. The molecule has 2 aromatic heterocycles. The van der Waals surface area contributed by atoms with Gasteiger partial charge in [0, 0.05) is 18.6 Å². The molecule has 0 bridgehead atoms. The molecule has 20 heavy (non-hydrogen) atoms. The van der Waals surface area contributed by atoms with Gasteiger partial charge in [0.2, 0.25) is 0 Å². The first-order valence-corrected chi connectivity index (χ1v) is 6.12. The first kappa shape index (κ1) is 12.5. The van der Waals surface area contributed by atoms with Crippen LogP contribution in [0.1, 0.15) is 11.5 Å². The van der Waals surface area contributed by atoms with Gasteiger partial charge in [-0.25, -0.2) is 18.4 Å². The number of aromatic nitrogens is 4. The molecule has 0 unspecified atom stereocenters. The summed E-state index contributed by atoms with van der Waals surface area (Å²) in [6, 6.07) is 5.47. The summed E-state index contributed by atoms with van der Waals surface area (Å²) in [5.41, 5.74) is 0.537. The minimum Gasteiger partial charge on any atom is -0.329 e. The zero-order valence-electron chi connectivity index (χ0n) is 10.8. The Hall–Kier alpha value is -2.50. The highest BCUT2D eigenvalue weighted by molar-refractivity contribution is 5.34. The molecule has 0 aliphatic carbocycles. The van der Waals surface area contributed by atoms with Crippen molar-refractivity contribution < 1.29 is 8.78 Å². The van der Waals surface area contributed by atoms with E-state index < -0.39 is 11.6 Å². The average Bonchev–Trinajstić information content (AvgIpc) is 3.01. The number of para-hydroxylation sites is 1. The topological polar surface area (TPSA) is 35.6 Å². The molecule has 2 heterocycles. The molecule has 0 saturated heterocycles. The zero-order chi connectivity index (χ0) is 14.1. The summed E-state index contributed by atoms with van der Waals surface area (Å²) in [5.74, 6) is -0.423. The maximum Gasteiger partial charge on any atom is 0.151 e. The van der Waals surface area contributed by atoms with Crippen molar-refractivity contribution in [2.24, 2.45) is 0 Å². The Balaban J connectivity index is 1.93. The van der Waals surface area contributed by atoms with Crippen molar-refractivity contribution in [3.05, 3.63) is 66.0 Å². The molecule has 102 valence electrons. The van der Waals surface area contributed by atoms with Crippen LogP contribution in [0.4, 0.5) is 8.78 Å². The molecule has 0 aliphatic rings. The molecule has 4 nitrogen and oxygen atoms in total. The third-order valence-electron chi connectivity index (χ3n) is 3.07. The molecule has 0 saturated carbocycles. The van der Waals surface area contributed by atoms with E-state index in [4.69, 9.17) is 0 Å². The van der Waals surface area contributed by atoms with E-state index in [0.29, 0.717) is 12.2 Å². The summed E-state index contributed by atoms with van der Waals surface area (Å²) in [4.78, 5) is 4.11. The highest BCUT2D eigenvalue weighted by Gasteiger charge is 2.12. The summed E-state index contributed by atoms with van der Waals surface area (Å²) in [5, 5.41) is 4.21. The molecular weight excluding hydrogens is 262 g/mol. The molecule has 0 atom stereocenters. The Morgan fingerprint density at radius 3 is 2.50 bits per heavy atom. The molecule has 0 amide bonds.